The monoisotopic (exact) mass is 336 g/mol. The third-order valence-electron chi connectivity index (χ3n) is 4.83. The number of amides is 2. The highest BCUT2D eigenvalue weighted by Crippen LogP contribution is 2.47. The maximum absolute atomic E-state index is 12.5. The molecule has 0 aromatic heterocycles. The molecule has 3 rings (SSSR count). The van der Waals surface area contributed by atoms with Crippen molar-refractivity contribution in [1.29, 1.82) is 0 Å². The number of hydrogen-bond donors (Lipinski definition) is 2. The first-order valence-electron chi connectivity index (χ1n) is 8.73. The van der Waals surface area contributed by atoms with Crippen molar-refractivity contribution in [2.75, 3.05) is 6.54 Å². The highest BCUT2D eigenvalue weighted by Gasteiger charge is 2.44. The Balaban J connectivity index is 1.60. The van der Waals surface area contributed by atoms with Gasteiger partial charge in [-0.2, -0.15) is 0 Å². The van der Waals surface area contributed by atoms with E-state index in [0.717, 1.165) is 18.4 Å². The van der Waals surface area contributed by atoms with Crippen LogP contribution in [0.4, 0.5) is 0 Å². The van der Waals surface area contributed by atoms with Crippen LogP contribution in [0.25, 0.3) is 0 Å². The fraction of sp³-hybridized carbons (Fsp3) is 0.333. The summed E-state index contributed by atoms with van der Waals surface area (Å²) < 4.78 is 0. The Kier molecular flexibility index (Phi) is 5.17. The van der Waals surface area contributed by atoms with Crippen LogP contribution in [0.15, 0.2) is 60.7 Å². The topological polar surface area (TPSA) is 58.2 Å². The second-order valence-electron chi connectivity index (χ2n) is 6.79. The Bertz CT molecular complexity index is 724. The molecule has 0 aliphatic heterocycles. The van der Waals surface area contributed by atoms with Gasteiger partial charge in [-0.25, -0.2) is 0 Å². The van der Waals surface area contributed by atoms with Gasteiger partial charge in [0.2, 0.25) is 11.8 Å². The second kappa shape index (κ2) is 7.51. The van der Waals surface area contributed by atoms with Gasteiger partial charge in [0, 0.05) is 18.9 Å². The molecule has 25 heavy (non-hydrogen) atoms. The van der Waals surface area contributed by atoms with E-state index in [2.05, 4.69) is 22.8 Å². The summed E-state index contributed by atoms with van der Waals surface area (Å²) in [6.07, 6.45) is 2.45. The van der Waals surface area contributed by atoms with Gasteiger partial charge in [-0.15, -0.1) is 0 Å². The standard InChI is InChI=1S/C21H24N2O2/c1-16(24)23-19(17-8-4-2-5-9-17)14-20(25)22-15-21(12-13-21)18-10-6-3-7-11-18/h2-11,19H,12-15H2,1H3,(H,22,25)(H,23,24). The molecule has 1 aliphatic carbocycles. The zero-order chi connectivity index (χ0) is 17.7. The fourth-order valence-electron chi connectivity index (χ4n) is 3.22. The average Bonchev–Trinajstić information content (AvgIpc) is 3.42. The van der Waals surface area contributed by atoms with Gasteiger partial charge >= 0.3 is 0 Å². The first-order chi connectivity index (χ1) is 12.1. The molecule has 2 aromatic rings. The molecule has 1 atom stereocenters. The highest BCUT2D eigenvalue weighted by molar-refractivity contribution is 5.79. The predicted octanol–water partition coefficient (Wildman–Crippen LogP) is 3.10. The van der Waals surface area contributed by atoms with E-state index in [1.54, 1.807) is 0 Å². The third kappa shape index (κ3) is 4.47. The smallest absolute Gasteiger partial charge is 0.222 e. The number of benzene rings is 2. The molecule has 0 radical (unpaired) electrons. The first kappa shape index (κ1) is 17.2. The Labute approximate surface area is 148 Å². The van der Waals surface area contributed by atoms with E-state index in [4.69, 9.17) is 0 Å². The first-order valence-corrected chi connectivity index (χ1v) is 8.73. The molecule has 1 saturated carbocycles. The van der Waals surface area contributed by atoms with Gasteiger partial charge in [-0.3, -0.25) is 9.59 Å². The minimum atomic E-state index is -0.300. The summed E-state index contributed by atoms with van der Waals surface area (Å²) in [6, 6.07) is 19.7. The summed E-state index contributed by atoms with van der Waals surface area (Å²) in [4.78, 5) is 23.9. The Morgan fingerprint density at radius 3 is 2.16 bits per heavy atom. The molecular weight excluding hydrogens is 312 g/mol. The molecular formula is C21H24N2O2. The summed E-state index contributed by atoms with van der Waals surface area (Å²) in [5.41, 5.74) is 2.32. The predicted molar refractivity (Wildman–Crippen MR) is 98.0 cm³/mol. The van der Waals surface area contributed by atoms with Gasteiger partial charge in [-0.05, 0) is 24.0 Å². The lowest BCUT2D eigenvalue weighted by Crippen LogP contribution is -2.36. The number of carbonyl (C=O) groups excluding carboxylic acids is 2. The molecule has 0 heterocycles. The molecule has 0 bridgehead atoms. The van der Waals surface area contributed by atoms with E-state index >= 15 is 0 Å². The Hall–Kier alpha value is -2.62. The molecule has 4 nitrogen and oxygen atoms in total. The van der Waals surface area contributed by atoms with E-state index < -0.39 is 0 Å². The van der Waals surface area contributed by atoms with Gasteiger partial charge in [0.1, 0.15) is 0 Å². The zero-order valence-corrected chi connectivity index (χ0v) is 14.5. The van der Waals surface area contributed by atoms with Gasteiger partial charge in [0.15, 0.2) is 0 Å². The molecule has 2 aromatic carbocycles. The number of carbonyl (C=O) groups is 2. The van der Waals surface area contributed by atoms with Gasteiger partial charge in [-0.1, -0.05) is 60.7 Å². The van der Waals surface area contributed by atoms with Crippen molar-refractivity contribution in [3.63, 3.8) is 0 Å². The van der Waals surface area contributed by atoms with Crippen molar-refractivity contribution >= 4 is 11.8 Å². The Morgan fingerprint density at radius 1 is 1.00 bits per heavy atom. The lowest BCUT2D eigenvalue weighted by molar-refractivity contribution is -0.122. The van der Waals surface area contributed by atoms with Gasteiger partial charge in [0.25, 0.3) is 0 Å². The summed E-state index contributed by atoms with van der Waals surface area (Å²) >= 11 is 0. The zero-order valence-electron chi connectivity index (χ0n) is 14.5. The molecule has 4 heteroatoms. The van der Waals surface area contributed by atoms with Crippen LogP contribution in [0.3, 0.4) is 0 Å². The highest BCUT2D eigenvalue weighted by atomic mass is 16.2. The van der Waals surface area contributed by atoms with Crippen molar-refractivity contribution in [2.24, 2.45) is 0 Å². The van der Waals surface area contributed by atoms with Crippen LogP contribution in [0.1, 0.15) is 43.4 Å². The van der Waals surface area contributed by atoms with Crippen LogP contribution in [0, 0.1) is 0 Å². The quantitative estimate of drug-likeness (QED) is 0.816. The van der Waals surface area contributed by atoms with Crippen molar-refractivity contribution in [3.05, 3.63) is 71.8 Å². The fourth-order valence-corrected chi connectivity index (χ4v) is 3.22. The number of hydrogen-bond acceptors (Lipinski definition) is 2. The van der Waals surface area contributed by atoms with Crippen molar-refractivity contribution in [2.45, 2.75) is 37.6 Å². The van der Waals surface area contributed by atoms with Crippen molar-refractivity contribution in [1.82, 2.24) is 10.6 Å². The van der Waals surface area contributed by atoms with Crippen LogP contribution >= 0.6 is 0 Å². The molecule has 0 spiro atoms. The van der Waals surface area contributed by atoms with E-state index in [-0.39, 0.29) is 29.7 Å². The SMILES string of the molecule is CC(=O)NC(CC(=O)NCC1(c2ccccc2)CC1)c1ccccc1. The van der Waals surface area contributed by atoms with Crippen LogP contribution < -0.4 is 10.6 Å². The third-order valence-corrected chi connectivity index (χ3v) is 4.83. The lowest BCUT2D eigenvalue weighted by Gasteiger charge is -2.20. The molecule has 2 amide bonds. The van der Waals surface area contributed by atoms with E-state index in [1.807, 2.05) is 48.5 Å². The van der Waals surface area contributed by atoms with Crippen LogP contribution in [-0.2, 0) is 15.0 Å². The number of nitrogens with one attached hydrogen (secondary N) is 2. The van der Waals surface area contributed by atoms with E-state index in [9.17, 15) is 9.59 Å². The number of rotatable bonds is 7. The summed E-state index contributed by atoms with van der Waals surface area (Å²) in [6.45, 7) is 2.12. The van der Waals surface area contributed by atoms with Crippen molar-refractivity contribution in [3.8, 4) is 0 Å². The molecule has 1 unspecified atom stereocenters. The lowest BCUT2D eigenvalue weighted by atomic mass is 9.96. The maximum atomic E-state index is 12.5. The van der Waals surface area contributed by atoms with Crippen molar-refractivity contribution < 1.29 is 9.59 Å². The van der Waals surface area contributed by atoms with E-state index in [1.165, 1.54) is 12.5 Å². The maximum Gasteiger partial charge on any atom is 0.222 e. The molecule has 1 aliphatic rings. The van der Waals surface area contributed by atoms with Gasteiger partial charge in [0.05, 0.1) is 12.5 Å². The molecule has 0 saturated heterocycles. The van der Waals surface area contributed by atoms with Crippen LogP contribution in [0.2, 0.25) is 0 Å². The summed E-state index contributed by atoms with van der Waals surface area (Å²) in [7, 11) is 0. The normalized spacial score (nSPS) is 15.9. The molecule has 130 valence electrons. The van der Waals surface area contributed by atoms with Crippen LogP contribution in [-0.4, -0.2) is 18.4 Å². The summed E-state index contributed by atoms with van der Waals surface area (Å²) in [5, 5.41) is 5.94. The second-order valence-corrected chi connectivity index (χ2v) is 6.79. The largest absolute Gasteiger partial charge is 0.355 e. The van der Waals surface area contributed by atoms with Gasteiger partial charge < -0.3 is 10.6 Å². The molecule has 1 fully saturated rings. The minimum absolute atomic E-state index is 0.0372. The minimum Gasteiger partial charge on any atom is -0.355 e. The Morgan fingerprint density at radius 2 is 1.60 bits per heavy atom. The summed E-state index contributed by atoms with van der Waals surface area (Å²) in [5.74, 6) is -0.172. The molecule has 2 N–H and O–H groups in total. The average molecular weight is 336 g/mol. The van der Waals surface area contributed by atoms with Crippen LogP contribution in [0.5, 0.6) is 0 Å². The van der Waals surface area contributed by atoms with E-state index in [0.29, 0.717) is 6.54 Å².